The van der Waals surface area contributed by atoms with E-state index in [0.29, 0.717) is 12.1 Å². The van der Waals surface area contributed by atoms with Crippen LogP contribution in [0, 0.1) is 6.92 Å². The molecule has 0 heterocycles. The zero-order valence-electron chi connectivity index (χ0n) is 12.5. The molecule has 1 aromatic rings. The van der Waals surface area contributed by atoms with Gasteiger partial charge in [0.05, 0.1) is 0 Å². The van der Waals surface area contributed by atoms with Gasteiger partial charge in [-0.15, -0.1) is 0 Å². The molecule has 1 aromatic carbocycles. The predicted molar refractivity (Wildman–Crippen MR) is 83.7 cm³/mol. The Bertz CT molecular complexity index is 469. The first-order valence-corrected chi connectivity index (χ1v) is 7.50. The summed E-state index contributed by atoms with van der Waals surface area (Å²) < 4.78 is 0. The van der Waals surface area contributed by atoms with Gasteiger partial charge in [-0.3, -0.25) is 9.69 Å². The highest BCUT2D eigenvalue weighted by atomic mass is 16.1. The molecule has 0 radical (unpaired) electrons. The largest absolute Gasteiger partial charge is 0.398 e. The highest BCUT2D eigenvalue weighted by Gasteiger charge is 2.28. The van der Waals surface area contributed by atoms with Gasteiger partial charge in [0, 0.05) is 30.4 Å². The second-order valence-corrected chi connectivity index (χ2v) is 5.59. The van der Waals surface area contributed by atoms with Crippen molar-refractivity contribution < 1.29 is 4.79 Å². The fourth-order valence-corrected chi connectivity index (χ4v) is 2.45. The number of hydrogen-bond donors (Lipinski definition) is 2. The summed E-state index contributed by atoms with van der Waals surface area (Å²) in [5.74, 6) is 0.0699. The van der Waals surface area contributed by atoms with Crippen molar-refractivity contribution in [1.82, 2.24) is 4.90 Å². The summed E-state index contributed by atoms with van der Waals surface area (Å²) in [6, 6.07) is 6.33. The van der Waals surface area contributed by atoms with Gasteiger partial charge in [0.25, 0.3) is 0 Å². The Labute approximate surface area is 121 Å². The molecule has 1 saturated carbocycles. The highest BCUT2D eigenvalue weighted by Crippen LogP contribution is 2.27. The average molecular weight is 275 g/mol. The second kappa shape index (κ2) is 6.75. The minimum Gasteiger partial charge on any atom is -0.398 e. The Balaban J connectivity index is 1.84. The molecule has 0 aliphatic heterocycles. The van der Waals surface area contributed by atoms with E-state index >= 15 is 0 Å². The van der Waals surface area contributed by atoms with Crippen LogP contribution < -0.4 is 11.1 Å². The van der Waals surface area contributed by atoms with Crippen LogP contribution >= 0.6 is 0 Å². The Morgan fingerprint density at radius 1 is 1.40 bits per heavy atom. The van der Waals surface area contributed by atoms with Crippen molar-refractivity contribution in [3.63, 3.8) is 0 Å². The number of hydrogen-bond acceptors (Lipinski definition) is 3. The second-order valence-electron chi connectivity index (χ2n) is 5.59. The van der Waals surface area contributed by atoms with Gasteiger partial charge in [0.1, 0.15) is 0 Å². The topological polar surface area (TPSA) is 58.4 Å². The van der Waals surface area contributed by atoms with E-state index in [1.165, 1.54) is 12.8 Å². The molecule has 1 amide bonds. The molecular formula is C16H25N3O. The fraction of sp³-hybridized carbons (Fsp3) is 0.562. The minimum absolute atomic E-state index is 0.0699. The van der Waals surface area contributed by atoms with Gasteiger partial charge in [0.15, 0.2) is 0 Å². The molecule has 0 unspecified atom stereocenters. The summed E-state index contributed by atoms with van der Waals surface area (Å²) in [4.78, 5) is 14.5. The summed E-state index contributed by atoms with van der Waals surface area (Å²) in [5, 5.41) is 2.96. The summed E-state index contributed by atoms with van der Waals surface area (Å²) >= 11 is 0. The van der Waals surface area contributed by atoms with Crippen molar-refractivity contribution in [2.45, 2.75) is 45.6 Å². The van der Waals surface area contributed by atoms with Gasteiger partial charge in [0.2, 0.25) is 5.91 Å². The van der Waals surface area contributed by atoms with Crippen LogP contribution in [0.25, 0.3) is 0 Å². The molecule has 3 N–H and O–H groups in total. The summed E-state index contributed by atoms with van der Waals surface area (Å²) in [5.41, 5.74) is 8.32. The molecule has 4 nitrogen and oxygen atoms in total. The summed E-state index contributed by atoms with van der Waals surface area (Å²) in [6.45, 7) is 6.06. The van der Waals surface area contributed by atoms with Crippen molar-refractivity contribution >= 4 is 17.3 Å². The maximum Gasteiger partial charge on any atom is 0.225 e. The Morgan fingerprint density at radius 2 is 2.15 bits per heavy atom. The van der Waals surface area contributed by atoms with Crippen LogP contribution in [-0.4, -0.2) is 29.9 Å². The van der Waals surface area contributed by atoms with Crippen LogP contribution in [0.5, 0.6) is 0 Å². The highest BCUT2D eigenvalue weighted by molar-refractivity contribution is 5.92. The Morgan fingerprint density at radius 3 is 2.80 bits per heavy atom. The van der Waals surface area contributed by atoms with E-state index in [2.05, 4.69) is 17.1 Å². The third-order valence-electron chi connectivity index (χ3n) is 3.85. The van der Waals surface area contributed by atoms with Crippen molar-refractivity contribution in [1.29, 1.82) is 0 Å². The molecule has 0 atom stereocenters. The molecule has 0 bridgehead atoms. The van der Waals surface area contributed by atoms with Crippen LogP contribution in [-0.2, 0) is 4.79 Å². The fourth-order valence-electron chi connectivity index (χ4n) is 2.45. The molecular weight excluding hydrogens is 250 g/mol. The van der Waals surface area contributed by atoms with E-state index in [1.54, 1.807) is 0 Å². The van der Waals surface area contributed by atoms with Crippen molar-refractivity contribution in [3.05, 3.63) is 23.8 Å². The van der Waals surface area contributed by atoms with Gasteiger partial charge in [-0.1, -0.05) is 13.0 Å². The first-order chi connectivity index (χ1) is 9.61. The number of anilines is 2. The molecule has 0 aromatic heterocycles. The van der Waals surface area contributed by atoms with E-state index in [1.807, 2.05) is 25.1 Å². The van der Waals surface area contributed by atoms with Crippen molar-refractivity contribution in [2.24, 2.45) is 0 Å². The van der Waals surface area contributed by atoms with Crippen LogP contribution in [0.2, 0.25) is 0 Å². The number of carbonyl (C=O) groups is 1. The number of nitrogen functional groups attached to an aromatic ring is 1. The lowest BCUT2D eigenvalue weighted by Crippen LogP contribution is -2.30. The number of rotatable bonds is 7. The number of nitrogens with zero attached hydrogens (tertiary/aromatic N) is 1. The van der Waals surface area contributed by atoms with Crippen molar-refractivity contribution in [3.8, 4) is 0 Å². The summed E-state index contributed by atoms with van der Waals surface area (Å²) in [6.07, 6.45) is 4.27. The molecule has 1 aliphatic carbocycles. The first-order valence-electron chi connectivity index (χ1n) is 7.50. The molecule has 110 valence electrons. The Hall–Kier alpha value is -1.55. The maximum absolute atomic E-state index is 12.0. The lowest BCUT2D eigenvalue weighted by atomic mass is 10.1. The van der Waals surface area contributed by atoms with Gasteiger partial charge in [-0.2, -0.15) is 0 Å². The van der Waals surface area contributed by atoms with Crippen LogP contribution in [0.1, 0.15) is 38.2 Å². The number of benzene rings is 1. The molecule has 1 aliphatic rings. The molecule has 2 rings (SSSR count). The average Bonchev–Trinajstić information content (AvgIpc) is 3.24. The van der Waals surface area contributed by atoms with E-state index < -0.39 is 0 Å². The zero-order valence-corrected chi connectivity index (χ0v) is 12.5. The van der Waals surface area contributed by atoms with Crippen molar-refractivity contribution in [2.75, 3.05) is 24.1 Å². The van der Waals surface area contributed by atoms with Crippen LogP contribution in [0.15, 0.2) is 18.2 Å². The number of carbonyl (C=O) groups excluding carboxylic acids is 1. The minimum atomic E-state index is 0.0699. The van der Waals surface area contributed by atoms with Gasteiger partial charge >= 0.3 is 0 Å². The first kappa shape index (κ1) is 14.9. The van der Waals surface area contributed by atoms with Crippen LogP contribution in [0.4, 0.5) is 11.4 Å². The quantitative estimate of drug-likeness (QED) is 0.752. The van der Waals surface area contributed by atoms with Gasteiger partial charge in [-0.05, 0) is 50.4 Å². The standard InChI is InChI=1S/C16H25N3O/c1-3-10-19(13-7-8-13)11-9-16(20)18-15-6-4-5-14(17)12(15)2/h4-6,13H,3,7-11,17H2,1-2H3,(H,18,20). The van der Waals surface area contributed by atoms with E-state index in [-0.39, 0.29) is 5.91 Å². The van der Waals surface area contributed by atoms with E-state index in [4.69, 9.17) is 5.73 Å². The van der Waals surface area contributed by atoms with Crippen LogP contribution in [0.3, 0.4) is 0 Å². The lowest BCUT2D eigenvalue weighted by molar-refractivity contribution is -0.116. The number of amides is 1. The molecule has 4 heteroatoms. The number of nitrogens with two attached hydrogens (primary N) is 1. The predicted octanol–water partition coefficient (Wildman–Crippen LogP) is 2.78. The SMILES string of the molecule is CCCN(CCC(=O)Nc1cccc(N)c1C)C1CC1. The monoisotopic (exact) mass is 275 g/mol. The molecule has 0 saturated heterocycles. The third kappa shape index (κ3) is 3.97. The van der Waals surface area contributed by atoms with Gasteiger partial charge in [-0.25, -0.2) is 0 Å². The van der Waals surface area contributed by atoms with E-state index in [0.717, 1.165) is 36.8 Å². The smallest absolute Gasteiger partial charge is 0.225 e. The number of nitrogens with one attached hydrogen (secondary N) is 1. The molecule has 20 heavy (non-hydrogen) atoms. The molecule has 0 spiro atoms. The molecule has 1 fully saturated rings. The normalized spacial score (nSPS) is 14.6. The maximum atomic E-state index is 12.0. The summed E-state index contributed by atoms with van der Waals surface area (Å²) in [7, 11) is 0. The Kier molecular flexibility index (Phi) is 5.01. The lowest BCUT2D eigenvalue weighted by Gasteiger charge is -2.20. The van der Waals surface area contributed by atoms with E-state index in [9.17, 15) is 4.79 Å². The zero-order chi connectivity index (χ0) is 14.5. The van der Waals surface area contributed by atoms with Gasteiger partial charge < -0.3 is 11.1 Å². The third-order valence-corrected chi connectivity index (χ3v) is 3.85.